The van der Waals surface area contributed by atoms with E-state index >= 15 is 0 Å². The van der Waals surface area contributed by atoms with Crippen LogP contribution in [0.2, 0.25) is 0 Å². The van der Waals surface area contributed by atoms with Crippen molar-refractivity contribution >= 4 is 0 Å². The Hall–Kier alpha value is -2.04. The highest BCUT2D eigenvalue weighted by Gasteiger charge is 2.27. The summed E-state index contributed by atoms with van der Waals surface area (Å²) >= 11 is 0. The van der Waals surface area contributed by atoms with Crippen LogP contribution in [0.5, 0.6) is 11.5 Å². The Morgan fingerprint density at radius 2 is 1.88 bits per heavy atom. The molecular weight excluding hydrogens is 326 g/mol. The average Bonchev–Trinajstić information content (AvgIpc) is 2.69. The summed E-state index contributed by atoms with van der Waals surface area (Å²) in [5.74, 6) is 1.76. The van der Waals surface area contributed by atoms with Crippen LogP contribution in [-0.4, -0.2) is 42.9 Å². The monoisotopic (exact) mass is 355 g/mol. The number of benzene rings is 2. The van der Waals surface area contributed by atoms with Crippen molar-refractivity contribution in [2.45, 2.75) is 32.5 Å². The molecule has 4 nitrogen and oxygen atoms in total. The molecule has 0 radical (unpaired) electrons. The number of likely N-dealkylation sites (tertiary alicyclic amines) is 1. The van der Waals surface area contributed by atoms with Crippen LogP contribution >= 0.6 is 0 Å². The smallest absolute Gasteiger partial charge is 0.161 e. The molecule has 1 saturated heterocycles. The molecule has 4 heteroatoms. The molecule has 1 fully saturated rings. The molecule has 0 spiro atoms. The average molecular weight is 355 g/mol. The van der Waals surface area contributed by atoms with Crippen LogP contribution in [0.4, 0.5) is 0 Å². The second-order valence-corrected chi connectivity index (χ2v) is 6.97. The Morgan fingerprint density at radius 3 is 2.62 bits per heavy atom. The van der Waals surface area contributed by atoms with Crippen molar-refractivity contribution < 1.29 is 14.6 Å². The number of methoxy groups -OCH3 is 1. The van der Waals surface area contributed by atoms with E-state index in [1.165, 1.54) is 5.56 Å². The number of aliphatic hydroxyl groups is 1. The van der Waals surface area contributed by atoms with E-state index in [1.807, 2.05) is 42.5 Å². The molecule has 1 aliphatic heterocycles. The maximum absolute atomic E-state index is 10.4. The normalized spacial score (nSPS) is 20.7. The predicted molar refractivity (Wildman–Crippen MR) is 104 cm³/mol. The van der Waals surface area contributed by atoms with Gasteiger partial charge in [0.05, 0.1) is 13.2 Å². The summed E-state index contributed by atoms with van der Waals surface area (Å²) < 4.78 is 11.5. The van der Waals surface area contributed by atoms with Gasteiger partial charge in [-0.3, -0.25) is 0 Å². The van der Waals surface area contributed by atoms with E-state index in [1.54, 1.807) is 7.11 Å². The van der Waals surface area contributed by atoms with Crippen molar-refractivity contribution in [1.82, 2.24) is 4.90 Å². The Balaban J connectivity index is 1.66. The van der Waals surface area contributed by atoms with Gasteiger partial charge in [0.15, 0.2) is 11.5 Å². The highest BCUT2D eigenvalue weighted by Crippen LogP contribution is 2.31. The molecule has 1 N–H and O–H groups in total. The number of aliphatic hydroxyl groups excluding tert-OH is 1. The van der Waals surface area contributed by atoms with Crippen molar-refractivity contribution in [3.8, 4) is 11.5 Å². The van der Waals surface area contributed by atoms with Gasteiger partial charge >= 0.3 is 0 Å². The molecule has 140 valence electrons. The summed E-state index contributed by atoms with van der Waals surface area (Å²) in [5, 5.41) is 10.4. The quantitative estimate of drug-likeness (QED) is 0.825. The third kappa shape index (κ3) is 4.77. The van der Waals surface area contributed by atoms with Gasteiger partial charge in [0.1, 0.15) is 6.61 Å². The molecule has 2 aromatic rings. The lowest BCUT2D eigenvalue weighted by atomic mass is 9.88. The minimum Gasteiger partial charge on any atom is -0.493 e. The summed E-state index contributed by atoms with van der Waals surface area (Å²) in [5.41, 5.74) is 2.31. The maximum atomic E-state index is 10.4. The molecular formula is C22H29NO3. The summed E-state index contributed by atoms with van der Waals surface area (Å²) in [6, 6.07) is 16.2. The van der Waals surface area contributed by atoms with Crippen LogP contribution < -0.4 is 9.47 Å². The van der Waals surface area contributed by atoms with Crippen LogP contribution in [-0.2, 0) is 13.0 Å². The highest BCUT2D eigenvalue weighted by molar-refractivity contribution is 5.43. The van der Waals surface area contributed by atoms with Crippen LogP contribution in [0.1, 0.15) is 24.5 Å². The van der Waals surface area contributed by atoms with Gasteiger partial charge in [-0.25, -0.2) is 0 Å². The highest BCUT2D eigenvalue weighted by atomic mass is 16.5. The second kappa shape index (κ2) is 9.06. The van der Waals surface area contributed by atoms with Crippen molar-refractivity contribution in [3.05, 3.63) is 59.7 Å². The first kappa shape index (κ1) is 18.7. The number of hydrogen-bond donors (Lipinski definition) is 1. The molecule has 26 heavy (non-hydrogen) atoms. The topological polar surface area (TPSA) is 41.9 Å². The molecule has 0 aliphatic carbocycles. The van der Waals surface area contributed by atoms with E-state index in [0.29, 0.717) is 6.61 Å². The number of rotatable bonds is 7. The summed E-state index contributed by atoms with van der Waals surface area (Å²) in [6.07, 6.45) is 1.48. The second-order valence-electron chi connectivity index (χ2n) is 6.97. The number of piperidine rings is 1. The van der Waals surface area contributed by atoms with E-state index in [2.05, 4.69) is 17.9 Å². The van der Waals surface area contributed by atoms with Gasteiger partial charge in [0, 0.05) is 19.0 Å². The Labute approximate surface area is 156 Å². The van der Waals surface area contributed by atoms with Gasteiger partial charge in [-0.05, 0) is 42.6 Å². The van der Waals surface area contributed by atoms with Gasteiger partial charge in [0.2, 0.25) is 0 Å². The first-order valence-corrected chi connectivity index (χ1v) is 9.43. The zero-order valence-corrected chi connectivity index (χ0v) is 15.7. The van der Waals surface area contributed by atoms with Crippen LogP contribution in [0.3, 0.4) is 0 Å². The first-order chi connectivity index (χ1) is 12.7. The van der Waals surface area contributed by atoms with Crippen LogP contribution in [0, 0.1) is 5.92 Å². The SMILES string of the molecule is CCN1CCC(O)C(Cc2ccc(OCc3ccccc3)c(OC)c2)C1. The Bertz CT molecular complexity index is 689. The molecule has 0 bridgehead atoms. The van der Waals surface area contributed by atoms with Gasteiger partial charge in [-0.15, -0.1) is 0 Å². The Morgan fingerprint density at radius 1 is 1.08 bits per heavy atom. The van der Waals surface area contributed by atoms with Crippen molar-refractivity contribution in [2.75, 3.05) is 26.7 Å². The Kier molecular flexibility index (Phi) is 6.53. The van der Waals surface area contributed by atoms with Crippen LogP contribution in [0.15, 0.2) is 48.5 Å². The molecule has 2 aromatic carbocycles. The zero-order chi connectivity index (χ0) is 18.4. The minimum atomic E-state index is -0.224. The zero-order valence-electron chi connectivity index (χ0n) is 15.7. The van der Waals surface area contributed by atoms with Gasteiger partial charge in [-0.1, -0.05) is 43.3 Å². The summed E-state index contributed by atoms with van der Waals surface area (Å²) in [4.78, 5) is 2.41. The molecule has 0 saturated carbocycles. The molecule has 1 aliphatic rings. The van der Waals surface area contributed by atoms with Gasteiger partial charge < -0.3 is 19.5 Å². The third-order valence-corrected chi connectivity index (χ3v) is 5.19. The summed E-state index contributed by atoms with van der Waals surface area (Å²) in [6.45, 7) is 5.68. The van der Waals surface area contributed by atoms with Crippen molar-refractivity contribution in [2.24, 2.45) is 5.92 Å². The largest absolute Gasteiger partial charge is 0.493 e. The first-order valence-electron chi connectivity index (χ1n) is 9.43. The van der Waals surface area contributed by atoms with Crippen molar-refractivity contribution in [1.29, 1.82) is 0 Å². The lowest BCUT2D eigenvalue weighted by molar-refractivity contribution is 0.0290. The molecule has 0 amide bonds. The van der Waals surface area contributed by atoms with E-state index in [-0.39, 0.29) is 12.0 Å². The minimum absolute atomic E-state index is 0.224. The van der Waals surface area contributed by atoms with Crippen molar-refractivity contribution in [3.63, 3.8) is 0 Å². The van der Waals surface area contributed by atoms with Gasteiger partial charge in [0.25, 0.3) is 0 Å². The third-order valence-electron chi connectivity index (χ3n) is 5.19. The lowest BCUT2D eigenvalue weighted by Gasteiger charge is -2.35. The van der Waals surface area contributed by atoms with E-state index in [4.69, 9.17) is 9.47 Å². The van der Waals surface area contributed by atoms with E-state index in [9.17, 15) is 5.11 Å². The van der Waals surface area contributed by atoms with Gasteiger partial charge in [-0.2, -0.15) is 0 Å². The summed E-state index contributed by atoms with van der Waals surface area (Å²) in [7, 11) is 1.67. The fraction of sp³-hybridized carbons (Fsp3) is 0.455. The fourth-order valence-corrected chi connectivity index (χ4v) is 3.58. The predicted octanol–water partition coefficient (Wildman–Crippen LogP) is 3.52. The molecule has 2 unspecified atom stereocenters. The lowest BCUT2D eigenvalue weighted by Crippen LogP contribution is -2.43. The molecule has 2 atom stereocenters. The number of hydrogen-bond acceptors (Lipinski definition) is 4. The standard InChI is InChI=1S/C22H29NO3/c1-3-23-12-11-20(24)19(15-23)13-18-9-10-21(22(14-18)25-2)26-16-17-7-5-4-6-8-17/h4-10,14,19-20,24H,3,11-13,15-16H2,1-2H3. The van der Waals surface area contributed by atoms with E-state index in [0.717, 1.165) is 49.5 Å². The maximum Gasteiger partial charge on any atom is 0.161 e. The van der Waals surface area contributed by atoms with E-state index < -0.39 is 0 Å². The molecule has 3 rings (SSSR count). The fourth-order valence-electron chi connectivity index (χ4n) is 3.58. The molecule has 1 heterocycles. The van der Waals surface area contributed by atoms with Crippen LogP contribution in [0.25, 0.3) is 0 Å². The number of ether oxygens (including phenoxy) is 2. The number of nitrogens with zero attached hydrogens (tertiary/aromatic N) is 1. The molecule has 0 aromatic heterocycles.